The van der Waals surface area contributed by atoms with Crippen LogP contribution in [0.1, 0.15) is 34.3 Å². The van der Waals surface area contributed by atoms with E-state index in [2.05, 4.69) is 15.6 Å². The quantitative estimate of drug-likeness (QED) is 0.275. The van der Waals surface area contributed by atoms with E-state index < -0.39 is 29.2 Å². The van der Waals surface area contributed by atoms with E-state index in [1.807, 2.05) is 30.3 Å². The highest BCUT2D eigenvalue weighted by atomic mass is 35.5. The fraction of sp³-hybridized carbons (Fsp3) is 0.226. The van der Waals surface area contributed by atoms with Crippen molar-refractivity contribution in [1.29, 1.82) is 0 Å². The average Bonchev–Trinajstić information content (AvgIpc) is 2.97. The SMILES string of the molecule is O=C1Nc2ccc(Cl)cc2C2(CCCN(C(=O)[C@H](Cc3ccccc3)NC(=O)c3ccc4c(O)cc(=O)[nH]c4c3)C2)O1. The lowest BCUT2D eigenvalue weighted by Gasteiger charge is -2.45. The van der Waals surface area contributed by atoms with Crippen LogP contribution in [0.5, 0.6) is 5.75 Å². The molecule has 1 unspecified atom stereocenters. The number of H-pyrrole nitrogens is 1. The van der Waals surface area contributed by atoms with Gasteiger partial charge in [0.2, 0.25) is 5.91 Å². The van der Waals surface area contributed by atoms with Gasteiger partial charge in [-0.1, -0.05) is 41.9 Å². The van der Waals surface area contributed by atoms with E-state index in [9.17, 15) is 24.3 Å². The van der Waals surface area contributed by atoms with Crippen LogP contribution in [0.25, 0.3) is 10.9 Å². The van der Waals surface area contributed by atoms with E-state index in [4.69, 9.17) is 16.3 Å². The third-order valence-corrected chi connectivity index (χ3v) is 7.97. The lowest BCUT2D eigenvalue weighted by atomic mass is 9.83. The second kappa shape index (κ2) is 10.9. The van der Waals surface area contributed by atoms with Crippen LogP contribution in [0.3, 0.4) is 0 Å². The summed E-state index contributed by atoms with van der Waals surface area (Å²) < 4.78 is 5.85. The van der Waals surface area contributed by atoms with Crippen molar-refractivity contribution in [2.75, 3.05) is 18.4 Å². The summed E-state index contributed by atoms with van der Waals surface area (Å²) in [6.45, 7) is 0.517. The highest BCUT2D eigenvalue weighted by Gasteiger charge is 2.47. The number of halogens is 1. The van der Waals surface area contributed by atoms with Crippen LogP contribution in [0.4, 0.5) is 10.5 Å². The van der Waals surface area contributed by atoms with Gasteiger partial charge < -0.3 is 25.0 Å². The Morgan fingerprint density at radius 2 is 1.88 bits per heavy atom. The van der Waals surface area contributed by atoms with Gasteiger partial charge >= 0.3 is 6.09 Å². The first-order valence-corrected chi connectivity index (χ1v) is 13.9. The van der Waals surface area contributed by atoms with Gasteiger partial charge in [0.15, 0.2) is 5.60 Å². The Balaban J connectivity index is 1.30. The molecule has 0 aliphatic carbocycles. The van der Waals surface area contributed by atoms with Crippen molar-refractivity contribution in [3.63, 3.8) is 0 Å². The first-order chi connectivity index (χ1) is 20.2. The third-order valence-electron chi connectivity index (χ3n) is 7.73. The Labute approximate surface area is 245 Å². The maximum absolute atomic E-state index is 14.1. The number of piperidine rings is 1. The fourth-order valence-electron chi connectivity index (χ4n) is 5.78. The molecule has 214 valence electrons. The summed E-state index contributed by atoms with van der Waals surface area (Å²) in [7, 11) is 0. The number of aromatic hydroxyl groups is 1. The summed E-state index contributed by atoms with van der Waals surface area (Å²) in [5.41, 5.74) is 1.05. The highest BCUT2D eigenvalue weighted by molar-refractivity contribution is 6.30. The van der Waals surface area contributed by atoms with Crippen LogP contribution < -0.4 is 16.2 Å². The zero-order valence-corrected chi connectivity index (χ0v) is 23.1. The first-order valence-electron chi connectivity index (χ1n) is 13.5. The Morgan fingerprint density at radius 1 is 1.07 bits per heavy atom. The molecule has 2 atom stereocenters. The van der Waals surface area contributed by atoms with Crippen molar-refractivity contribution in [2.45, 2.75) is 30.9 Å². The molecule has 1 saturated heterocycles. The molecule has 0 saturated carbocycles. The molecule has 11 heteroatoms. The van der Waals surface area contributed by atoms with Gasteiger partial charge in [-0.3, -0.25) is 19.7 Å². The lowest BCUT2D eigenvalue weighted by Crippen LogP contribution is -2.57. The van der Waals surface area contributed by atoms with Crippen molar-refractivity contribution in [1.82, 2.24) is 15.2 Å². The molecule has 4 aromatic rings. The van der Waals surface area contributed by atoms with Gasteiger partial charge in [-0.15, -0.1) is 0 Å². The van der Waals surface area contributed by atoms with Crippen LogP contribution in [-0.2, 0) is 21.6 Å². The Morgan fingerprint density at radius 3 is 2.69 bits per heavy atom. The molecular formula is C31H27ClN4O6. The molecule has 2 aliphatic heterocycles. The van der Waals surface area contributed by atoms with Gasteiger partial charge in [-0.05, 0) is 54.8 Å². The molecule has 6 rings (SSSR count). The number of pyridine rings is 1. The Hall–Kier alpha value is -4.83. The first kappa shape index (κ1) is 27.3. The van der Waals surface area contributed by atoms with Gasteiger partial charge in [-0.2, -0.15) is 0 Å². The molecule has 1 spiro atoms. The van der Waals surface area contributed by atoms with Crippen LogP contribution in [0, 0.1) is 0 Å². The number of hydrogen-bond donors (Lipinski definition) is 4. The number of rotatable bonds is 5. The normalized spacial score (nSPS) is 18.6. The Bertz CT molecular complexity index is 1770. The standard InChI is InChI=1S/C31H27ClN4O6/c32-20-8-10-23-22(15-20)31(42-30(41)35-23)11-4-12-36(17-31)29(40)25(13-18-5-2-1-3-6-18)34-28(39)19-7-9-21-24(14-19)33-27(38)16-26(21)37/h1-3,5-10,14-16,25H,4,11-13,17H2,(H,34,39)(H,35,41)(H2,33,37,38)/t25-,31?/m0/s1. The molecule has 1 fully saturated rings. The number of aromatic amines is 1. The van der Waals surface area contributed by atoms with Crippen molar-refractivity contribution in [3.8, 4) is 5.75 Å². The molecule has 0 bridgehead atoms. The zero-order chi connectivity index (χ0) is 29.4. The molecule has 3 aromatic carbocycles. The zero-order valence-electron chi connectivity index (χ0n) is 22.4. The highest BCUT2D eigenvalue weighted by Crippen LogP contribution is 2.43. The maximum atomic E-state index is 14.1. The number of likely N-dealkylation sites (tertiary alicyclic amines) is 1. The predicted molar refractivity (Wildman–Crippen MR) is 157 cm³/mol. The van der Waals surface area contributed by atoms with E-state index >= 15 is 0 Å². The fourth-order valence-corrected chi connectivity index (χ4v) is 5.95. The predicted octanol–water partition coefficient (Wildman–Crippen LogP) is 4.31. The minimum absolute atomic E-state index is 0.101. The van der Waals surface area contributed by atoms with Crippen molar-refractivity contribution in [2.24, 2.45) is 0 Å². The summed E-state index contributed by atoms with van der Waals surface area (Å²) >= 11 is 6.29. The topological polar surface area (TPSA) is 141 Å². The summed E-state index contributed by atoms with van der Waals surface area (Å²) in [5.74, 6) is -1.04. The number of amides is 3. The second-order valence-corrected chi connectivity index (χ2v) is 11.0. The van der Waals surface area contributed by atoms with E-state index in [0.29, 0.717) is 46.6 Å². The third kappa shape index (κ3) is 5.28. The summed E-state index contributed by atoms with van der Waals surface area (Å²) in [6, 6.07) is 19.1. The lowest BCUT2D eigenvalue weighted by molar-refractivity contribution is -0.141. The van der Waals surface area contributed by atoms with E-state index in [1.165, 1.54) is 18.2 Å². The Kier molecular flexibility index (Phi) is 7.07. The smallest absolute Gasteiger partial charge is 0.412 e. The molecule has 10 nitrogen and oxygen atoms in total. The van der Waals surface area contributed by atoms with Crippen molar-refractivity contribution < 1.29 is 24.2 Å². The van der Waals surface area contributed by atoms with Gasteiger partial charge in [0, 0.05) is 40.6 Å². The molecular weight excluding hydrogens is 560 g/mol. The number of carbonyl (C=O) groups is 3. The van der Waals surface area contributed by atoms with Gasteiger partial charge in [-0.25, -0.2) is 4.79 Å². The minimum Gasteiger partial charge on any atom is -0.507 e. The number of benzene rings is 3. The van der Waals surface area contributed by atoms with E-state index in [1.54, 1.807) is 23.1 Å². The van der Waals surface area contributed by atoms with Gasteiger partial charge in [0.1, 0.15) is 11.8 Å². The van der Waals surface area contributed by atoms with Crippen molar-refractivity contribution >= 4 is 46.1 Å². The molecule has 3 heterocycles. The van der Waals surface area contributed by atoms with Crippen LogP contribution in [-0.4, -0.2) is 52.0 Å². The number of nitrogens with one attached hydrogen (secondary N) is 3. The van der Waals surface area contributed by atoms with Gasteiger partial charge in [0.05, 0.1) is 17.7 Å². The van der Waals surface area contributed by atoms with Crippen LogP contribution in [0.15, 0.2) is 77.6 Å². The molecule has 2 aliphatic rings. The van der Waals surface area contributed by atoms with Crippen molar-refractivity contribution in [3.05, 3.63) is 105 Å². The molecule has 4 N–H and O–H groups in total. The number of nitrogens with zero attached hydrogens (tertiary/aromatic N) is 1. The van der Waals surface area contributed by atoms with E-state index in [-0.39, 0.29) is 30.2 Å². The number of ether oxygens (including phenoxy) is 1. The van der Waals surface area contributed by atoms with E-state index in [0.717, 1.165) is 11.6 Å². The molecule has 1 aromatic heterocycles. The number of carbonyl (C=O) groups excluding carboxylic acids is 3. The minimum atomic E-state index is -1.08. The maximum Gasteiger partial charge on any atom is 0.412 e. The average molecular weight is 587 g/mol. The summed E-state index contributed by atoms with van der Waals surface area (Å²) in [6.07, 6.45) is 0.700. The number of anilines is 1. The monoisotopic (exact) mass is 586 g/mol. The number of fused-ring (bicyclic) bond motifs is 3. The molecule has 3 amide bonds. The van der Waals surface area contributed by atoms with Gasteiger partial charge in [0.25, 0.3) is 11.5 Å². The largest absolute Gasteiger partial charge is 0.507 e. The summed E-state index contributed by atoms with van der Waals surface area (Å²) in [4.78, 5) is 56.2. The molecule has 42 heavy (non-hydrogen) atoms. The number of aromatic nitrogens is 1. The number of hydrogen-bond acceptors (Lipinski definition) is 6. The van der Waals surface area contributed by atoms with Crippen LogP contribution in [0.2, 0.25) is 5.02 Å². The molecule has 0 radical (unpaired) electrons. The summed E-state index contributed by atoms with van der Waals surface area (Å²) in [5, 5.41) is 16.5. The van der Waals surface area contributed by atoms with Crippen LogP contribution >= 0.6 is 11.6 Å². The second-order valence-electron chi connectivity index (χ2n) is 10.6.